The van der Waals surface area contributed by atoms with Gasteiger partial charge < -0.3 is 14.9 Å². The van der Waals surface area contributed by atoms with E-state index in [9.17, 15) is 15.0 Å². The Labute approximate surface area is 160 Å². The minimum Gasteiger partial charge on any atom is -0.508 e. The van der Waals surface area contributed by atoms with Gasteiger partial charge in [-0.05, 0) is 59.7 Å². The van der Waals surface area contributed by atoms with Crippen molar-refractivity contribution >= 4 is 23.5 Å². The van der Waals surface area contributed by atoms with E-state index in [0.29, 0.717) is 21.9 Å². The van der Waals surface area contributed by atoms with Gasteiger partial charge in [0.1, 0.15) is 17.2 Å². The maximum atomic E-state index is 13.2. The predicted molar refractivity (Wildman–Crippen MR) is 103 cm³/mol. The van der Waals surface area contributed by atoms with Crippen molar-refractivity contribution in [1.29, 1.82) is 0 Å². The van der Waals surface area contributed by atoms with Crippen molar-refractivity contribution in [3.63, 3.8) is 0 Å². The van der Waals surface area contributed by atoms with Crippen LogP contribution in [-0.2, 0) is 0 Å². The average Bonchev–Trinajstić information content (AvgIpc) is 2.67. The summed E-state index contributed by atoms with van der Waals surface area (Å²) in [6.45, 7) is 0. The van der Waals surface area contributed by atoms with Crippen LogP contribution in [0.25, 0.3) is 6.08 Å². The SMILES string of the molecule is O=C1/C(=C/c2ccc(O)cc2)C(c2ccc(O)cc2)Oc2ccc(Cl)cc21. The first-order valence-electron chi connectivity index (χ1n) is 8.32. The van der Waals surface area contributed by atoms with Crippen LogP contribution in [0.5, 0.6) is 17.2 Å². The molecule has 1 aliphatic heterocycles. The summed E-state index contributed by atoms with van der Waals surface area (Å²) >= 11 is 6.06. The van der Waals surface area contributed by atoms with Gasteiger partial charge in [0.15, 0.2) is 11.9 Å². The second kappa shape index (κ2) is 6.82. The van der Waals surface area contributed by atoms with Crippen LogP contribution >= 0.6 is 11.6 Å². The summed E-state index contributed by atoms with van der Waals surface area (Å²) in [6, 6.07) is 18.1. The fourth-order valence-corrected chi connectivity index (χ4v) is 3.21. The molecular formula is C22H15ClO4. The van der Waals surface area contributed by atoms with E-state index in [1.807, 2.05) is 0 Å². The highest BCUT2D eigenvalue weighted by molar-refractivity contribution is 6.31. The lowest BCUT2D eigenvalue weighted by Crippen LogP contribution is -2.23. The van der Waals surface area contributed by atoms with E-state index >= 15 is 0 Å². The minimum atomic E-state index is -0.624. The van der Waals surface area contributed by atoms with Crippen LogP contribution in [0.1, 0.15) is 27.6 Å². The molecule has 27 heavy (non-hydrogen) atoms. The Morgan fingerprint density at radius 1 is 0.889 bits per heavy atom. The third-order valence-electron chi connectivity index (χ3n) is 4.39. The Hall–Kier alpha value is -3.24. The molecule has 0 saturated carbocycles. The molecule has 1 unspecified atom stereocenters. The number of rotatable bonds is 2. The van der Waals surface area contributed by atoms with Crippen molar-refractivity contribution in [2.75, 3.05) is 0 Å². The van der Waals surface area contributed by atoms with Crippen LogP contribution < -0.4 is 4.74 Å². The molecule has 134 valence electrons. The smallest absolute Gasteiger partial charge is 0.196 e. The van der Waals surface area contributed by atoms with E-state index in [2.05, 4.69) is 0 Å². The van der Waals surface area contributed by atoms with Crippen molar-refractivity contribution in [2.24, 2.45) is 0 Å². The zero-order valence-electron chi connectivity index (χ0n) is 14.1. The van der Waals surface area contributed by atoms with Gasteiger partial charge in [0, 0.05) is 10.6 Å². The van der Waals surface area contributed by atoms with Gasteiger partial charge in [-0.3, -0.25) is 4.79 Å². The fourth-order valence-electron chi connectivity index (χ4n) is 3.04. The van der Waals surface area contributed by atoms with Crippen molar-refractivity contribution in [3.8, 4) is 17.2 Å². The molecule has 1 aliphatic rings. The van der Waals surface area contributed by atoms with Crippen molar-refractivity contribution in [1.82, 2.24) is 0 Å². The highest BCUT2D eigenvalue weighted by Gasteiger charge is 2.33. The molecule has 1 heterocycles. The number of fused-ring (bicyclic) bond motifs is 1. The third kappa shape index (κ3) is 3.39. The number of ketones is 1. The second-order valence-electron chi connectivity index (χ2n) is 6.25. The molecule has 0 fully saturated rings. The van der Waals surface area contributed by atoms with Gasteiger partial charge in [-0.15, -0.1) is 0 Å². The van der Waals surface area contributed by atoms with E-state index in [0.717, 1.165) is 11.1 Å². The van der Waals surface area contributed by atoms with Crippen LogP contribution in [0.3, 0.4) is 0 Å². The minimum absolute atomic E-state index is 0.136. The van der Waals surface area contributed by atoms with Crippen molar-refractivity contribution in [3.05, 3.63) is 94.0 Å². The number of carbonyl (C=O) groups is 1. The Bertz CT molecular complexity index is 1040. The molecule has 0 aliphatic carbocycles. The molecular weight excluding hydrogens is 364 g/mol. The number of Topliss-reactive ketones (excluding diaryl/α,β-unsaturated/α-hetero) is 1. The van der Waals surface area contributed by atoms with Gasteiger partial charge in [0.05, 0.1) is 5.56 Å². The van der Waals surface area contributed by atoms with E-state index in [1.165, 1.54) is 0 Å². The molecule has 3 aromatic rings. The van der Waals surface area contributed by atoms with Gasteiger partial charge in [0.2, 0.25) is 0 Å². The molecule has 4 nitrogen and oxygen atoms in total. The number of halogens is 1. The Balaban J connectivity index is 1.85. The van der Waals surface area contributed by atoms with E-state index in [-0.39, 0.29) is 17.3 Å². The summed E-state index contributed by atoms with van der Waals surface area (Å²) in [6.07, 6.45) is 1.11. The number of phenolic OH excluding ortho intramolecular Hbond substituents is 2. The van der Waals surface area contributed by atoms with Crippen LogP contribution in [0.15, 0.2) is 72.3 Å². The number of ether oxygens (including phenoxy) is 1. The number of carbonyl (C=O) groups excluding carboxylic acids is 1. The molecule has 0 spiro atoms. The molecule has 0 radical (unpaired) electrons. The van der Waals surface area contributed by atoms with Gasteiger partial charge in [0.25, 0.3) is 0 Å². The number of hydrogen-bond acceptors (Lipinski definition) is 4. The van der Waals surface area contributed by atoms with Crippen LogP contribution in [0.2, 0.25) is 5.02 Å². The summed E-state index contributed by atoms with van der Waals surface area (Å²) in [5.74, 6) is 0.572. The van der Waals surface area contributed by atoms with Crippen molar-refractivity contribution in [2.45, 2.75) is 6.10 Å². The summed E-state index contributed by atoms with van der Waals surface area (Å²) in [5, 5.41) is 19.5. The Morgan fingerprint density at radius 2 is 1.52 bits per heavy atom. The van der Waals surface area contributed by atoms with Crippen LogP contribution in [0.4, 0.5) is 0 Å². The lowest BCUT2D eigenvalue weighted by molar-refractivity contribution is 0.0963. The van der Waals surface area contributed by atoms with E-state index in [4.69, 9.17) is 16.3 Å². The summed E-state index contributed by atoms with van der Waals surface area (Å²) in [4.78, 5) is 13.2. The maximum absolute atomic E-state index is 13.2. The molecule has 0 saturated heterocycles. The molecule has 4 rings (SSSR count). The zero-order chi connectivity index (χ0) is 19.0. The number of hydrogen-bond donors (Lipinski definition) is 2. The molecule has 0 aromatic heterocycles. The molecule has 2 N–H and O–H groups in total. The van der Waals surface area contributed by atoms with Gasteiger partial charge in [-0.2, -0.15) is 0 Å². The van der Waals surface area contributed by atoms with Gasteiger partial charge in [-0.25, -0.2) is 0 Å². The monoisotopic (exact) mass is 378 g/mol. The second-order valence-corrected chi connectivity index (χ2v) is 6.69. The summed E-state index contributed by atoms with van der Waals surface area (Å²) < 4.78 is 6.11. The van der Waals surface area contributed by atoms with Gasteiger partial charge in [-0.1, -0.05) is 35.9 Å². The number of aromatic hydroxyl groups is 2. The third-order valence-corrected chi connectivity index (χ3v) is 4.62. The molecule has 0 bridgehead atoms. The van der Waals surface area contributed by atoms with Crippen molar-refractivity contribution < 1.29 is 19.7 Å². The van der Waals surface area contributed by atoms with Crippen LogP contribution in [0, 0.1) is 0 Å². The van der Waals surface area contributed by atoms with E-state index < -0.39 is 6.10 Å². The maximum Gasteiger partial charge on any atom is 0.196 e. The topological polar surface area (TPSA) is 66.8 Å². The number of benzene rings is 3. The molecule has 0 amide bonds. The highest BCUT2D eigenvalue weighted by Crippen LogP contribution is 2.40. The summed E-state index contributed by atoms with van der Waals surface area (Å²) in [5.41, 5.74) is 2.35. The molecule has 1 atom stereocenters. The molecule has 3 aromatic carbocycles. The predicted octanol–water partition coefficient (Wildman–Crippen LogP) is 5.15. The quantitative estimate of drug-likeness (QED) is 0.605. The lowest BCUT2D eigenvalue weighted by atomic mass is 9.89. The van der Waals surface area contributed by atoms with E-state index in [1.54, 1.807) is 72.8 Å². The standard InChI is InChI=1S/C22H15ClO4/c23-15-5-10-20-18(12-15)21(26)19(11-13-1-6-16(24)7-2-13)22(27-20)14-3-8-17(25)9-4-14/h1-12,22,24-25H/b19-11-. The Kier molecular flexibility index (Phi) is 4.34. The zero-order valence-corrected chi connectivity index (χ0v) is 14.9. The first-order valence-corrected chi connectivity index (χ1v) is 8.69. The molecule has 5 heteroatoms. The Morgan fingerprint density at radius 3 is 2.19 bits per heavy atom. The normalized spacial score (nSPS) is 17.4. The first kappa shape index (κ1) is 17.2. The first-order chi connectivity index (χ1) is 13.0. The fraction of sp³-hybridized carbons (Fsp3) is 0.0455. The lowest BCUT2D eigenvalue weighted by Gasteiger charge is -2.28. The van der Waals surface area contributed by atoms with Gasteiger partial charge >= 0.3 is 0 Å². The number of phenols is 2. The summed E-state index contributed by atoms with van der Waals surface area (Å²) in [7, 11) is 0. The highest BCUT2D eigenvalue weighted by atomic mass is 35.5. The average molecular weight is 379 g/mol. The van der Waals surface area contributed by atoms with Crippen LogP contribution in [-0.4, -0.2) is 16.0 Å². The largest absolute Gasteiger partial charge is 0.508 e.